The van der Waals surface area contributed by atoms with Crippen molar-refractivity contribution in [3.05, 3.63) is 35.8 Å². The van der Waals surface area contributed by atoms with Crippen LogP contribution < -0.4 is 9.47 Å². The summed E-state index contributed by atoms with van der Waals surface area (Å²) in [5.74, 6) is 0.190. The number of carbonyl (C=O) groups is 1. The highest BCUT2D eigenvalue weighted by Gasteiger charge is 2.15. The highest BCUT2D eigenvalue weighted by molar-refractivity contribution is 5.87. The van der Waals surface area contributed by atoms with Crippen LogP contribution in [0.1, 0.15) is 16.1 Å². The first-order valence-corrected chi connectivity index (χ1v) is 5.85. The van der Waals surface area contributed by atoms with Gasteiger partial charge in [-0.25, -0.2) is 14.8 Å². The third-order valence-electron chi connectivity index (χ3n) is 2.94. The zero-order chi connectivity index (χ0) is 14.7. The first-order valence-electron chi connectivity index (χ1n) is 5.85. The van der Waals surface area contributed by atoms with E-state index in [0.717, 1.165) is 5.56 Å². The molecule has 1 heterocycles. The van der Waals surface area contributed by atoms with Crippen molar-refractivity contribution in [2.45, 2.75) is 6.92 Å². The van der Waals surface area contributed by atoms with E-state index in [1.54, 1.807) is 26.4 Å². The molecule has 1 N–H and O–H groups in total. The molecule has 1 aromatic heterocycles. The van der Waals surface area contributed by atoms with Crippen molar-refractivity contribution in [1.29, 1.82) is 0 Å². The van der Waals surface area contributed by atoms with E-state index >= 15 is 0 Å². The van der Waals surface area contributed by atoms with E-state index in [0.29, 0.717) is 22.8 Å². The summed E-state index contributed by atoms with van der Waals surface area (Å²) in [6.07, 6.45) is 1.22. The number of carboxylic acids is 1. The average molecular weight is 274 g/mol. The summed E-state index contributed by atoms with van der Waals surface area (Å²) in [5, 5.41) is 8.98. The fourth-order valence-electron chi connectivity index (χ4n) is 1.98. The van der Waals surface area contributed by atoms with E-state index in [-0.39, 0.29) is 5.69 Å². The number of benzene rings is 1. The lowest BCUT2D eigenvalue weighted by Crippen LogP contribution is -2.02. The second kappa shape index (κ2) is 5.56. The standard InChI is InChI=1S/C14H14N2O4/c1-8-12(19-2)5-4-9(13(8)20-3)10-6-11(14(17)18)16-7-15-10/h4-7H,1-3H3,(H,17,18). The Kier molecular flexibility index (Phi) is 3.84. The van der Waals surface area contributed by atoms with E-state index in [4.69, 9.17) is 14.6 Å². The second-order valence-corrected chi connectivity index (χ2v) is 4.07. The molecule has 0 spiro atoms. The van der Waals surface area contributed by atoms with E-state index in [2.05, 4.69) is 9.97 Å². The molecule has 2 rings (SSSR count). The smallest absolute Gasteiger partial charge is 0.354 e. The van der Waals surface area contributed by atoms with E-state index < -0.39 is 5.97 Å². The van der Waals surface area contributed by atoms with Crippen LogP contribution in [-0.4, -0.2) is 35.3 Å². The number of aromatic nitrogens is 2. The minimum Gasteiger partial charge on any atom is -0.496 e. The summed E-state index contributed by atoms with van der Waals surface area (Å²) in [7, 11) is 3.12. The highest BCUT2D eigenvalue weighted by atomic mass is 16.5. The molecule has 1 aromatic carbocycles. The summed E-state index contributed by atoms with van der Waals surface area (Å²) < 4.78 is 10.6. The predicted molar refractivity (Wildman–Crippen MR) is 72.3 cm³/mol. The Labute approximate surface area is 116 Å². The molecule has 0 saturated carbocycles. The van der Waals surface area contributed by atoms with Crippen LogP contribution >= 0.6 is 0 Å². The molecule has 0 amide bonds. The van der Waals surface area contributed by atoms with Gasteiger partial charge in [0, 0.05) is 11.1 Å². The molecule has 0 saturated heterocycles. The fraction of sp³-hybridized carbons (Fsp3) is 0.214. The number of rotatable bonds is 4. The van der Waals surface area contributed by atoms with Gasteiger partial charge in [0.2, 0.25) is 0 Å². The summed E-state index contributed by atoms with van der Waals surface area (Å²) in [5.41, 5.74) is 1.93. The molecule has 0 fully saturated rings. The van der Waals surface area contributed by atoms with Gasteiger partial charge in [-0.3, -0.25) is 0 Å². The molecule has 6 nitrogen and oxygen atoms in total. The van der Waals surface area contributed by atoms with Crippen LogP contribution in [0.25, 0.3) is 11.3 Å². The van der Waals surface area contributed by atoms with Crippen LogP contribution in [0.2, 0.25) is 0 Å². The monoisotopic (exact) mass is 274 g/mol. The molecule has 0 unspecified atom stereocenters. The normalized spacial score (nSPS) is 10.2. The minimum absolute atomic E-state index is 0.0643. The SMILES string of the molecule is COc1ccc(-c2cc(C(=O)O)ncn2)c(OC)c1C. The first kappa shape index (κ1) is 13.8. The lowest BCUT2D eigenvalue weighted by atomic mass is 10.0. The number of aromatic carboxylic acids is 1. The minimum atomic E-state index is -1.10. The zero-order valence-electron chi connectivity index (χ0n) is 11.4. The highest BCUT2D eigenvalue weighted by Crippen LogP contribution is 2.36. The number of nitrogens with zero attached hydrogens (tertiary/aromatic N) is 2. The van der Waals surface area contributed by atoms with Gasteiger partial charge in [0.1, 0.15) is 17.8 Å². The first-order chi connectivity index (χ1) is 9.58. The van der Waals surface area contributed by atoms with Gasteiger partial charge >= 0.3 is 5.97 Å². The maximum absolute atomic E-state index is 11.0. The van der Waals surface area contributed by atoms with Crippen LogP contribution in [-0.2, 0) is 0 Å². The quantitative estimate of drug-likeness (QED) is 0.920. The van der Waals surface area contributed by atoms with Crippen LogP contribution in [0.5, 0.6) is 11.5 Å². The van der Waals surface area contributed by atoms with Crippen molar-refractivity contribution >= 4 is 5.97 Å². The largest absolute Gasteiger partial charge is 0.496 e. The van der Waals surface area contributed by atoms with Crippen molar-refractivity contribution in [2.24, 2.45) is 0 Å². The number of hydrogen-bond donors (Lipinski definition) is 1. The lowest BCUT2D eigenvalue weighted by molar-refractivity contribution is 0.0690. The Bertz CT molecular complexity index is 656. The molecule has 0 atom stereocenters. The molecule has 2 aromatic rings. The fourth-order valence-corrected chi connectivity index (χ4v) is 1.98. The molecule has 0 bridgehead atoms. The third kappa shape index (κ3) is 2.40. The molecule has 0 aliphatic carbocycles. The van der Waals surface area contributed by atoms with E-state index in [1.807, 2.05) is 6.92 Å². The summed E-state index contributed by atoms with van der Waals surface area (Å²) in [6.45, 7) is 1.86. The van der Waals surface area contributed by atoms with Gasteiger partial charge in [-0.15, -0.1) is 0 Å². The van der Waals surface area contributed by atoms with Crippen molar-refractivity contribution < 1.29 is 19.4 Å². The van der Waals surface area contributed by atoms with Gasteiger partial charge < -0.3 is 14.6 Å². The maximum Gasteiger partial charge on any atom is 0.354 e. The lowest BCUT2D eigenvalue weighted by Gasteiger charge is -2.14. The Hall–Kier alpha value is -2.63. The van der Waals surface area contributed by atoms with Crippen LogP contribution in [0, 0.1) is 6.92 Å². The van der Waals surface area contributed by atoms with Crippen LogP contribution in [0.15, 0.2) is 24.5 Å². The average Bonchev–Trinajstić information content (AvgIpc) is 2.47. The van der Waals surface area contributed by atoms with Crippen LogP contribution in [0.3, 0.4) is 0 Å². The third-order valence-corrected chi connectivity index (χ3v) is 2.94. The summed E-state index contributed by atoms with van der Waals surface area (Å²) in [6, 6.07) is 4.97. The topological polar surface area (TPSA) is 81.5 Å². The van der Waals surface area contributed by atoms with Crippen molar-refractivity contribution in [2.75, 3.05) is 14.2 Å². The number of carboxylic acid groups (broad SMARTS) is 1. The molecule has 0 aliphatic heterocycles. The van der Waals surface area contributed by atoms with Gasteiger partial charge in [-0.05, 0) is 25.1 Å². The Morgan fingerprint density at radius 2 is 1.95 bits per heavy atom. The molecular weight excluding hydrogens is 260 g/mol. The Morgan fingerprint density at radius 1 is 1.20 bits per heavy atom. The number of hydrogen-bond acceptors (Lipinski definition) is 5. The van der Waals surface area contributed by atoms with Crippen molar-refractivity contribution in [3.63, 3.8) is 0 Å². The molecular formula is C14H14N2O4. The second-order valence-electron chi connectivity index (χ2n) is 4.07. The summed E-state index contributed by atoms with van der Waals surface area (Å²) in [4.78, 5) is 18.8. The van der Waals surface area contributed by atoms with Gasteiger partial charge in [0.25, 0.3) is 0 Å². The Balaban J connectivity index is 2.60. The number of ether oxygens (including phenoxy) is 2. The van der Waals surface area contributed by atoms with E-state index in [9.17, 15) is 4.79 Å². The zero-order valence-corrected chi connectivity index (χ0v) is 11.4. The molecule has 0 radical (unpaired) electrons. The molecule has 20 heavy (non-hydrogen) atoms. The van der Waals surface area contributed by atoms with Crippen LogP contribution in [0.4, 0.5) is 0 Å². The van der Waals surface area contributed by atoms with Crippen molar-refractivity contribution in [1.82, 2.24) is 9.97 Å². The predicted octanol–water partition coefficient (Wildman–Crippen LogP) is 2.17. The van der Waals surface area contributed by atoms with Gasteiger partial charge in [0.15, 0.2) is 5.69 Å². The molecule has 104 valence electrons. The van der Waals surface area contributed by atoms with Gasteiger partial charge in [-0.1, -0.05) is 0 Å². The Morgan fingerprint density at radius 3 is 2.55 bits per heavy atom. The summed E-state index contributed by atoms with van der Waals surface area (Å²) >= 11 is 0. The van der Waals surface area contributed by atoms with E-state index in [1.165, 1.54) is 12.4 Å². The van der Waals surface area contributed by atoms with Gasteiger partial charge in [-0.2, -0.15) is 0 Å². The molecule has 6 heteroatoms. The van der Waals surface area contributed by atoms with Gasteiger partial charge in [0.05, 0.1) is 19.9 Å². The molecule has 0 aliphatic rings. The number of methoxy groups -OCH3 is 2. The van der Waals surface area contributed by atoms with Crippen molar-refractivity contribution in [3.8, 4) is 22.8 Å². The maximum atomic E-state index is 11.0.